The van der Waals surface area contributed by atoms with E-state index in [-0.39, 0.29) is 54.1 Å². The average molecular weight is 664 g/mol. The fourth-order valence-electron chi connectivity index (χ4n) is 11.3. The Labute approximate surface area is 277 Å². The number of Topliss-reactive ketones (excluding diaryl/α,β-unsaturated/α-hetero) is 2. The first-order valence-electron chi connectivity index (χ1n) is 16.5. The maximum absolute atomic E-state index is 12.6. The van der Waals surface area contributed by atoms with Crippen molar-refractivity contribution in [1.82, 2.24) is 9.80 Å². The van der Waals surface area contributed by atoms with Crippen LogP contribution in [0.25, 0.3) is 0 Å². The minimum atomic E-state index is -0.284. The summed E-state index contributed by atoms with van der Waals surface area (Å²) in [7, 11) is 7.82. The van der Waals surface area contributed by atoms with Crippen molar-refractivity contribution in [2.24, 2.45) is 11.8 Å². The van der Waals surface area contributed by atoms with Gasteiger partial charge >= 0.3 is 19.5 Å². The summed E-state index contributed by atoms with van der Waals surface area (Å²) in [5.74, 6) is 4.92. The molecular weight excluding hydrogens is 622 g/mol. The molecule has 232 valence electrons. The van der Waals surface area contributed by atoms with Gasteiger partial charge in [0.05, 0.1) is 14.2 Å². The van der Waals surface area contributed by atoms with Crippen LogP contribution in [0.15, 0.2) is 24.3 Å². The van der Waals surface area contributed by atoms with Crippen LogP contribution in [-0.2, 0) is 52.7 Å². The molecule has 2 spiro atoms. The molecule has 9 heteroatoms. The van der Waals surface area contributed by atoms with Crippen molar-refractivity contribution in [3.63, 3.8) is 0 Å². The van der Waals surface area contributed by atoms with E-state index in [1.807, 2.05) is 12.1 Å². The molecule has 2 aromatic rings. The largest absolute Gasteiger partial charge is 2.00 e. The Morgan fingerprint density at radius 1 is 0.711 bits per heavy atom. The maximum Gasteiger partial charge on any atom is 2.00 e. The predicted octanol–water partition coefficient (Wildman–Crippen LogP) is 3.86. The smallest absolute Gasteiger partial charge is 0.493 e. The molecule has 4 aliphatic heterocycles. The van der Waals surface area contributed by atoms with Gasteiger partial charge in [-0.15, -0.1) is 0 Å². The number of ether oxygens (including phenoxy) is 4. The van der Waals surface area contributed by atoms with Crippen LogP contribution in [0.1, 0.15) is 60.8 Å². The molecule has 4 heterocycles. The van der Waals surface area contributed by atoms with Crippen molar-refractivity contribution in [3.8, 4) is 23.0 Å². The Morgan fingerprint density at radius 3 is 1.53 bits per heavy atom. The number of likely N-dealkylation sites (tertiary alicyclic amines) is 2. The molecule has 0 unspecified atom stereocenters. The number of methoxy groups -OCH3 is 2. The summed E-state index contributed by atoms with van der Waals surface area (Å²) in [6.45, 7) is 2.09. The van der Waals surface area contributed by atoms with E-state index in [0.717, 1.165) is 74.6 Å². The summed E-state index contributed by atoms with van der Waals surface area (Å²) in [6.07, 6.45) is 6.94. The Hall–Kier alpha value is -2.48. The van der Waals surface area contributed by atoms with E-state index < -0.39 is 0 Å². The second-order valence-corrected chi connectivity index (χ2v) is 14.6. The third-order valence-corrected chi connectivity index (χ3v) is 13.2. The molecule has 8 nitrogen and oxygen atoms in total. The molecule has 8 atom stereocenters. The van der Waals surface area contributed by atoms with Gasteiger partial charge < -0.3 is 28.7 Å². The molecular formula is C36H42N2O6Zn+2. The summed E-state index contributed by atoms with van der Waals surface area (Å²) >= 11 is 0. The number of hydrogen-bond acceptors (Lipinski definition) is 8. The van der Waals surface area contributed by atoms with Crippen LogP contribution in [-0.4, -0.2) is 87.1 Å². The van der Waals surface area contributed by atoms with Gasteiger partial charge in [0.1, 0.15) is 0 Å². The fraction of sp³-hybridized carbons (Fsp3) is 0.611. The Bertz CT molecular complexity index is 1490. The van der Waals surface area contributed by atoms with Crippen LogP contribution in [0.4, 0.5) is 0 Å². The van der Waals surface area contributed by atoms with E-state index in [4.69, 9.17) is 18.9 Å². The van der Waals surface area contributed by atoms with Gasteiger partial charge in [-0.05, 0) is 101 Å². The van der Waals surface area contributed by atoms with Crippen molar-refractivity contribution in [2.45, 2.75) is 86.5 Å². The van der Waals surface area contributed by atoms with Gasteiger partial charge in [0.2, 0.25) is 0 Å². The zero-order chi connectivity index (χ0) is 30.1. The standard InChI is InChI=1S/2C18H21NO3.Zn/c2*1-19-8-7-18-11-4-5-13(20)17(18)22-16-14(21-2)6-3-10(15(16)18)9-12(11)19;/h2*3,6,11-12,17H,4-5,7-9H2,1-2H3;/q;;+2/t2*11-,12+,17-,18-;/m00./s1. The molecule has 4 fully saturated rings. The Morgan fingerprint density at radius 2 is 1.13 bits per heavy atom. The van der Waals surface area contributed by atoms with Gasteiger partial charge in [0.25, 0.3) is 0 Å². The molecule has 2 saturated heterocycles. The van der Waals surface area contributed by atoms with E-state index in [9.17, 15) is 9.59 Å². The maximum atomic E-state index is 12.6. The van der Waals surface area contributed by atoms with Crippen LogP contribution in [0.5, 0.6) is 23.0 Å². The van der Waals surface area contributed by atoms with E-state index in [1.165, 1.54) is 22.3 Å². The second kappa shape index (κ2) is 10.3. The summed E-state index contributed by atoms with van der Waals surface area (Å²) in [5, 5.41) is 0. The van der Waals surface area contributed by atoms with E-state index in [2.05, 4.69) is 36.0 Å². The predicted molar refractivity (Wildman–Crippen MR) is 163 cm³/mol. The summed E-state index contributed by atoms with van der Waals surface area (Å²) < 4.78 is 23.6. The van der Waals surface area contributed by atoms with Gasteiger partial charge in [0.15, 0.2) is 46.8 Å². The molecule has 10 rings (SSSR count). The number of benzene rings is 2. The first kappa shape index (κ1) is 29.9. The molecule has 0 radical (unpaired) electrons. The van der Waals surface area contributed by atoms with Crippen molar-refractivity contribution in [1.29, 1.82) is 0 Å². The first-order valence-corrected chi connectivity index (χ1v) is 16.5. The quantitative estimate of drug-likeness (QED) is 0.449. The number of ketones is 2. The van der Waals surface area contributed by atoms with Crippen LogP contribution in [0, 0.1) is 11.8 Å². The molecule has 0 N–H and O–H groups in total. The van der Waals surface area contributed by atoms with Crippen LogP contribution in [0.3, 0.4) is 0 Å². The molecule has 0 aromatic heterocycles. The molecule has 2 saturated carbocycles. The number of piperidine rings is 2. The number of carbonyl (C=O) groups excluding carboxylic acids is 2. The minimum Gasteiger partial charge on any atom is -0.493 e. The van der Waals surface area contributed by atoms with E-state index in [1.54, 1.807) is 14.2 Å². The Balaban J connectivity index is 0.000000131. The van der Waals surface area contributed by atoms with Crippen LogP contribution in [0.2, 0.25) is 0 Å². The SMILES string of the molecule is COc1ccc2c3c1O[C@H]1C(=O)CC[C@H]4[C@@H](C2)N(C)CC[C@]314.COc1ccc2c3c1O[C@H]1C(=O)CC[C@H]4[C@@H](C2)N(C)CC[C@]314.[Zn+2]. The van der Waals surface area contributed by atoms with Gasteiger partial charge in [0, 0.05) is 46.9 Å². The normalized spacial score (nSPS) is 37.6. The summed E-state index contributed by atoms with van der Waals surface area (Å²) in [5.41, 5.74) is 5.15. The molecule has 0 amide bonds. The van der Waals surface area contributed by atoms with Crippen molar-refractivity contribution in [2.75, 3.05) is 41.4 Å². The first-order chi connectivity index (χ1) is 21.3. The van der Waals surface area contributed by atoms with Crippen LogP contribution >= 0.6 is 0 Å². The van der Waals surface area contributed by atoms with Crippen LogP contribution < -0.4 is 18.9 Å². The average Bonchev–Trinajstić information content (AvgIpc) is 3.57. The fourth-order valence-corrected chi connectivity index (χ4v) is 11.3. The third-order valence-electron chi connectivity index (χ3n) is 13.2. The third kappa shape index (κ3) is 3.64. The number of hydrogen-bond donors (Lipinski definition) is 0. The van der Waals surface area contributed by atoms with Gasteiger partial charge in [-0.3, -0.25) is 9.59 Å². The van der Waals surface area contributed by atoms with E-state index in [0.29, 0.717) is 36.8 Å². The molecule has 8 aliphatic rings. The Kier molecular flexibility index (Phi) is 6.82. The number of rotatable bonds is 2. The van der Waals surface area contributed by atoms with Gasteiger partial charge in [-0.25, -0.2) is 0 Å². The minimum absolute atomic E-state index is 0. The zero-order valence-electron chi connectivity index (χ0n) is 26.9. The number of carbonyl (C=O) groups is 2. The monoisotopic (exact) mass is 662 g/mol. The molecule has 4 bridgehead atoms. The molecule has 2 aromatic carbocycles. The topological polar surface area (TPSA) is 77.5 Å². The molecule has 4 aliphatic carbocycles. The van der Waals surface area contributed by atoms with Gasteiger partial charge in [-0.1, -0.05) is 12.1 Å². The second-order valence-electron chi connectivity index (χ2n) is 14.6. The van der Waals surface area contributed by atoms with Crippen molar-refractivity contribution < 1.29 is 48.0 Å². The van der Waals surface area contributed by atoms with Crippen molar-refractivity contribution >= 4 is 11.6 Å². The summed E-state index contributed by atoms with van der Waals surface area (Å²) in [4.78, 5) is 30.2. The summed E-state index contributed by atoms with van der Waals surface area (Å²) in [6, 6.07) is 9.46. The number of likely N-dealkylation sites (N-methyl/N-ethyl adjacent to an activating group) is 2. The van der Waals surface area contributed by atoms with Gasteiger partial charge in [-0.2, -0.15) is 0 Å². The van der Waals surface area contributed by atoms with Crippen molar-refractivity contribution in [3.05, 3.63) is 46.5 Å². The molecule has 45 heavy (non-hydrogen) atoms. The van der Waals surface area contributed by atoms with E-state index >= 15 is 0 Å². The number of nitrogens with zero attached hydrogens (tertiary/aromatic N) is 2. The zero-order valence-corrected chi connectivity index (χ0v) is 29.9.